The van der Waals surface area contributed by atoms with E-state index in [0.29, 0.717) is 26.8 Å². The lowest BCUT2D eigenvalue weighted by Gasteiger charge is -2.03. The Morgan fingerprint density at radius 3 is 2.73 bits per heavy atom. The Labute approximate surface area is 158 Å². The monoisotopic (exact) mass is 381 g/mol. The van der Waals surface area contributed by atoms with E-state index in [-0.39, 0.29) is 11.5 Å². The van der Waals surface area contributed by atoms with Crippen LogP contribution in [0.1, 0.15) is 10.4 Å². The second-order valence-corrected chi connectivity index (χ2v) is 6.81. The summed E-state index contributed by atoms with van der Waals surface area (Å²) in [6.45, 7) is 0. The number of ketones is 1. The van der Waals surface area contributed by atoms with Gasteiger partial charge in [-0.15, -0.1) is 5.10 Å². The number of benzene rings is 2. The van der Waals surface area contributed by atoms with E-state index in [1.165, 1.54) is 18.1 Å². The predicted molar refractivity (Wildman–Crippen MR) is 101 cm³/mol. The molecule has 0 fully saturated rings. The van der Waals surface area contributed by atoms with Crippen LogP contribution in [0.3, 0.4) is 0 Å². The summed E-state index contributed by atoms with van der Waals surface area (Å²) in [6, 6.07) is 16.4. The van der Waals surface area contributed by atoms with Crippen molar-refractivity contribution in [1.82, 2.24) is 25.0 Å². The lowest BCUT2D eigenvalue weighted by atomic mass is 10.2. The summed E-state index contributed by atoms with van der Waals surface area (Å²) in [6.07, 6.45) is 1.45. The van der Waals surface area contributed by atoms with E-state index in [1.54, 1.807) is 28.9 Å². The van der Waals surface area contributed by atoms with Gasteiger partial charge in [-0.25, -0.2) is 9.97 Å². The van der Waals surface area contributed by atoms with Crippen LogP contribution in [0.4, 0.5) is 0 Å². The molecular weight excluding hydrogens is 370 g/mol. The number of Topliss-reactive ketones (excluding diaryl/α,β-unsaturated/α-hetero) is 1. The number of aromatic nitrogens is 5. The van der Waals surface area contributed by atoms with Crippen LogP contribution in [-0.4, -0.2) is 36.5 Å². The lowest BCUT2D eigenvalue weighted by Crippen LogP contribution is -2.02. The molecule has 2 aromatic carbocycles. The zero-order valence-electron chi connectivity index (χ0n) is 13.4. The summed E-state index contributed by atoms with van der Waals surface area (Å²) in [5.74, 6) is 0.296. The van der Waals surface area contributed by atoms with E-state index in [2.05, 4.69) is 20.3 Å². The van der Waals surface area contributed by atoms with Gasteiger partial charge in [0, 0.05) is 10.6 Å². The van der Waals surface area contributed by atoms with Gasteiger partial charge >= 0.3 is 0 Å². The maximum Gasteiger partial charge on any atom is 0.187 e. The number of carbonyl (C=O) groups excluding carboxylic acids is 1. The van der Waals surface area contributed by atoms with Crippen LogP contribution < -0.4 is 0 Å². The molecule has 0 saturated carbocycles. The van der Waals surface area contributed by atoms with Crippen molar-refractivity contribution >= 4 is 40.3 Å². The zero-order chi connectivity index (χ0) is 17.9. The van der Waals surface area contributed by atoms with Gasteiger partial charge in [-0.2, -0.15) is 4.68 Å². The highest BCUT2D eigenvalue weighted by Gasteiger charge is 2.15. The minimum atomic E-state index is 0.0320. The molecule has 0 aliphatic carbocycles. The van der Waals surface area contributed by atoms with E-state index >= 15 is 0 Å². The van der Waals surface area contributed by atoms with Crippen LogP contribution >= 0.6 is 23.4 Å². The molecule has 0 atom stereocenters. The number of thioether (sulfide) groups is 1. The number of halogens is 1. The molecule has 128 valence electrons. The molecule has 0 N–H and O–H groups in total. The highest BCUT2D eigenvalue weighted by molar-refractivity contribution is 8.00. The number of hydrogen-bond acceptors (Lipinski definition) is 6. The number of hydrogen-bond donors (Lipinski definition) is 0. The smallest absolute Gasteiger partial charge is 0.187 e. The van der Waals surface area contributed by atoms with E-state index < -0.39 is 0 Å². The van der Waals surface area contributed by atoms with E-state index in [1.807, 2.05) is 30.3 Å². The van der Waals surface area contributed by atoms with E-state index in [0.717, 1.165) is 5.69 Å². The lowest BCUT2D eigenvalue weighted by molar-refractivity contribution is 0.102. The Kier molecular flexibility index (Phi) is 4.64. The molecular formula is C18H12ClN5OS. The topological polar surface area (TPSA) is 73.6 Å². The van der Waals surface area contributed by atoms with E-state index in [4.69, 9.17) is 11.6 Å². The van der Waals surface area contributed by atoms with Gasteiger partial charge in [0.25, 0.3) is 0 Å². The summed E-state index contributed by atoms with van der Waals surface area (Å²) < 4.78 is 1.60. The minimum absolute atomic E-state index is 0.0320. The first-order valence-corrected chi connectivity index (χ1v) is 9.12. The maximum absolute atomic E-state index is 12.3. The van der Waals surface area contributed by atoms with Gasteiger partial charge in [0.1, 0.15) is 11.4 Å². The molecule has 2 heterocycles. The van der Waals surface area contributed by atoms with Crippen molar-refractivity contribution in [2.45, 2.75) is 5.03 Å². The normalized spacial score (nSPS) is 11.0. The third-order valence-electron chi connectivity index (χ3n) is 3.69. The van der Waals surface area contributed by atoms with Crippen molar-refractivity contribution in [3.05, 3.63) is 71.5 Å². The van der Waals surface area contributed by atoms with Crippen LogP contribution in [0, 0.1) is 0 Å². The Morgan fingerprint density at radius 1 is 1.08 bits per heavy atom. The molecule has 0 saturated heterocycles. The molecule has 26 heavy (non-hydrogen) atoms. The summed E-state index contributed by atoms with van der Waals surface area (Å²) >= 11 is 7.37. The van der Waals surface area contributed by atoms with Crippen LogP contribution in [0.15, 0.2) is 66.0 Å². The van der Waals surface area contributed by atoms with Gasteiger partial charge < -0.3 is 0 Å². The highest BCUT2D eigenvalue weighted by Crippen LogP contribution is 2.25. The third-order valence-corrected chi connectivity index (χ3v) is 4.91. The van der Waals surface area contributed by atoms with Crippen molar-refractivity contribution in [1.29, 1.82) is 0 Å². The number of nitrogens with zero attached hydrogens (tertiary/aromatic N) is 5. The van der Waals surface area contributed by atoms with Crippen molar-refractivity contribution in [2.24, 2.45) is 0 Å². The molecule has 8 heteroatoms. The molecule has 0 aliphatic heterocycles. The molecule has 0 spiro atoms. The third kappa shape index (κ3) is 3.31. The first-order valence-electron chi connectivity index (χ1n) is 7.76. The van der Waals surface area contributed by atoms with Crippen LogP contribution in [-0.2, 0) is 0 Å². The molecule has 0 unspecified atom stereocenters. The average molecular weight is 382 g/mol. The zero-order valence-corrected chi connectivity index (χ0v) is 15.0. The molecule has 0 bridgehead atoms. The molecule has 0 radical (unpaired) electrons. The van der Waals surface area contributed by atoms with Crippen molar-refractivity contribution in [3.8, 4) is 5.69 Å². The molecule has 2 aromatic heterocycles. The second kappa shape index (κ2) is 7.23. The average Bonchev–Trinajstić information content (AvgIpc) is 3.11. The maximum atomic E-state index is 12.3. The number of carbonyl (C=O) groups is 1. The van der Waals surface area contributed by atoms with Crippen molar-refractivity contribution < 1.29 is 4.79 Å². The molecule has 4 aromatic rings. The first-order chi connectivity index (χ1) is 12.7. The Morgan fingerprint density at radius 2 is 1.92 bits per heavy atom. The summed E-state index contributed by atoms with van der Waals surface area (Å²) in [5, 5.41) is 9.57. The SMILES string of the molecule is O=C(CSc1ncnc2c1nnn2-c1cccc(Cl)c1)c1ccccc1. The molecule has 0 aliphatic rings. The van der Waals surface area contributed by atoms with Crippen LogP contribution in [0.5, 0.6) is 0 Å². The van der Waals surface area contributed by atoms with Gasteiger partial charge in [0.2, 0.25) is 0 Å². The van der Waals surface area contributed by atoms with Crippen molar-refractivity contribution in [2.75, 3.05) is 5.75 Å². The van der Waals surface area contributed by atoms with Crippen molar-refractivity contribution in [3.63, 3.8) is 0 Å². The fourth-order valence-corrected chi connectivity index (χ4v) is 3.47. The Bertz CT molecular complexity index is 1080. The second-order valence-electron chi connectivity index (χ2n) is 5.41. The number of rotatable bonds is 5. The predicted octanol–water partition coefficient (Wildman–Crippen LogP) is 3.84. The summed E-state index contributed by atoms with van der Waals surface area (Å²) in [5.41, 5.74) is 2.55. The van der Waals surface area contributed by atoms with Crippen LogP contribution in [0.2, 0.25) is 5.02 Å². The van der Waals surface area contributed by atoms with E-state index in [9.17, 15) is 4.79 Å². The Balaban J connectivity index is 1.62. The summed E-state index contributed by atoms with van der Waals surface area (Å²) in [7, 11) is 0. The highest BCUT2D eigenvalue weighted by atomic mass is 35.5. The minimum Gasteiger partial charge on any atom is -0.293 e. The Hall–Kier alpha value is -2.77. The standard InChI is InChI=1S/C18H12ClN5OS/c19-13-7-4-8-14(9-13)24-17-16(22-23-24)18(21-11-20-17)26-10-15(25)12-5-2-1-3-6-12/h1-9,11H,10H2. The van der Waals surface area contributed by atoms with Gasteiger partial charge in [-0.05, 0) is 18.2 Å². The quantitative estimate of drug-likeness (QED) is 0.297. The fourth-order valence-electron chi connectivity index (χ4n) is 2.46. The van der Waals surface area contributed by atoms with Crippen LogP contribution in [0.25, 0.3) is 16.9 Å². The first kappa shape index (κ1) is 16.7. The van der Waals surface area contributed by atoms with Gasteiger partial charge in [0.05, 0.1) is 11.4 Å². The largest absolute Gasteiger partial charge is 0.293 e. The van der Waals surface area contributed by atoms with Gasteiger partial charge in [-0.3, -0.25) is 4.79 Å². The molecule has 4 rings (SSSR count). The van der Waals surface area contributed by atoms with Gasteiger partial charge in [0.15, 0.2) is 16.9 Å². The fraction of sp³-hybridized carbons (Fsp3) is 0.0556. The summed E-state index contributed by atoms with van der Waals surface area (Å²) in [4.78, 5) is 20.8. The molecule has 0 amide bonds. The van der Waals surface area contributed by atoms with Gasteiger partial charge in [-0.1, -0.05) is 65.0 Å². The molecule has 6 nitrogen and oxygen atoms in total. The number of fused-ring (bicyclic) bond motifs is 1.